The first-order valence-electron chi connectivity index (χ1n) is 4.69. The minimum Gasteiger partial charge on any atom is -0.161 e. The van der Waals surface area contributed by atoms with Crippen molar-refractivity contribution in [3.8, 4) is 0 Å². The summed E-state index contributed by atoms with van der Waals surface area (Å²) in [7, 11) is -1.67. The molecule has 0 saturated heterocycles. The highest BCUT2D eigenvalue weighted by atomic mass is 35.6. The van der Waals surface area contributed by atoms with Crippen LogP contribution >= 0.6 is 11.1 Å². The first-order chi connectivity index (χ1) is 5.37. The Bertz CT molecular complexity index is 163. The second kappa shape index (κ2) is 4.47. The van der Waals surface area contributed by atoms with Gasteiger partial charge < -0.3 is 0 Å². The summed E-state index contributed by atoms with van der Waals surface area (Å²) in [6.07, 6.45) is 2.18. The molecule has 0 atom stereocenters. The molecule has 0 amide bonds. The van der Waals surface area contributed by atoms with Crippen molar-refractivity contribution in [1.29, 1.82) is 0 Å². The summed E-state index contributed by atoms with van der Waals surface area (Å²) in [4.78, 5) is 0. The second-order valence-electron chi connectivity index (χ2n) is 4.05. The van der Waals surface area contributed by atoms with Crippen LogP contribution in [-0.4, -0.2) is 7.38 Å². The lowest BCUT2D eigenvalue weighted by Gasteiger charge is -2.33. The van der Waals surface area contributed by atoms with Gasteiger partial charge in [0.05, 0.1) is 0 Å². The molecule has 0 fully saturated rings. The molecule has 0 aliphatic heterocycles. The molecule has 0 saturated carbocycles. The molecular formula is C10H21ClSi. The van der Waals surface area contributed by atoms with Gasteiger partial charge in [-0.1, -0.05) is 39.0 Å². The van der Waals surface area contributed by atoms with E-state index < -0.39 is 7.38 Å². The summed E-state index contributed by atoms with van der Waals surface area (Å²) in [6, 6.07) is 0. The molecule has 0 spiro atoms. The third-order valence-corrected chi connectivity index (χ3v) is 11.1. The lowest BCUT2D eigenvalue weighted by molar-refractivity contribution is 0.929. The lowest BCUT2D eigenvalue weighted by atomic mass is 10.5. The van der Waals surface area contributed by atoms with Crippen LogP contribution in [0.5, 0.6) is 0 Å². The van der Waals surface area contributed by atoms with Crippen LogP contribution in [0.25, 0.3) is 0 Å². The fourth-order valence-electron chi connectivity index (χ4n) is 1.80. The van der Waals surface area contributed by atoms with Gasteiger partial charge in [-0.15, -0.1) is 0 Å². The molecule has 0 rings (SSSR count). The Labute approximate surface area is 82.7 Å². The quantitative estimate of drug-likeness (QED) is 0.469. The Kier molecular flexibility index (Phi) is 4.57. The highest BCUT2D eigenvalue weighted by Gasteiger charge is 2.39. The van der Waals surface area contributed by atoms with Crippen molar-refractivity contribution >= 4 is 18.5 Å². The summed E-state index contributed by atoms with van der Waals surface area (Å²) >= 11 is 6.73. The fraction of sp³-hybridized carbons (Fsp3) is 0.800. The van der Waals surface area contributed by atoms with Gasteiger partial charge in [0.2, 0.25) is 0 Å². The van der Waals surface area contributed by atoms with Crippen molar-refractivity contribution < 1.29 is 0 Å². The SMILES string of the molecule is C/C=C(/C)[Si](Cl)(C(C)C)C(C)C. The summed E-state index contributed by atoms with van der Waals surface area (Å²) in [5.41, 5.74) is 1.24. The van der Waals surface area contributed by atoms with E-state index in [2.05, 4.69) is 47.6 Å². The molecule has 0 N–H and O–H groups in total. The molecule has 12 heavy (non-hydrogen) atoms. The van der Waals surface area contributed by atoms with Gasteiger partial charge in [-0.2, -0.15) is 11.1 Å². The Morgan fingerprint density at radius 1 is 1.17 bits per heavy atom. The first kappa shape index (κ1) is 12.2. The third kappa shape index (κ3) is 2.14. The van der Waals surface area contributed by atoms with Crippen molar-refractivity contribution in [3.63, 3.8) is 0 Å². The third-order valence-electron chi connectivity index (χ3n) is 2.72. The Morgan fingerprint density at radius 3 is 1.58 bits per heavy atom. The zero-order valence-corrected chi connectivity index (χ0v) is 10.9. The fourth-order valence-corrected chi connectivity index (χ4v) is 5.72. The van der Waals surface area contributed by atoms with E-state index in [0.717, 1.165) is 0 Å². The van der Waals surface area contributed by atoms with Gasteiger partial charge in [-0.3, -0.25) is 0 Å². The molecule has 0 aromatic rings. The summed E-state index contributed by atoms with van der Waals surface area (Å²) in [6.45, 7) is 13.2. The molecule has 72 valence electrons. The standard InChI is InChI=1S/C10H21ClSi/c1-7-10(6)12(11,8(2)3)9(4)5/h7-9H,1-6H3/b10-7-. The van der Waals surface area contributed by atoms with E-state index in [1.807, 2.05) is 0 Å². The van der Waals surface area contributed by atoms with Crippen LogP contribution in [0.1, 0.15) is 41.5 Å². The number of hydrogen-bond acceptors (Lipinski definition) is 0. The second-order valence-corrected chi connectivity index (χ2v) is 10.6. The highest BCUT2D eigenvalue weighted by Crippen LogP contribution is 2.41. The van der Waals surface area contributed by atoms with Crippen molar-refractivity contribution in [1.82, 2.24) is 0 Å². The smallest absolute Gasteiger partial charge is 0.161 e. The number of rotatable bonds is 3. The Morgan fingerprint density at radius 2 is 1.50 bits per heavy atom. The van der Waals surface area contributed by atoms with E-state index in [9.17, 15) is 0 Å². The molecular weight excluding hydrogens is 184 g/mol. The predicted molar refractivity (Wildman–Crippen MR) is 61.2 cm³/mol. The van der Waals surface area contributed by atoms with E-state index >= 15 is 0 Å². The molecule has 0 unspecified atom stereocenters. The van der Waals surface area contributed by atoms with Gasteiger partial charge in [0.15, 0.2) is 7.38 Å². The van der Waals surface area contributed by atoms with E-state index in [-0.39, 0.29) is 0 Å². The molecule has 0 aliphatic carbocycles. The molecule has 2 heteroatoms. The van der Waals surface area contributed by atoms with Gasteiger partial charge in [0.25, 0.3) is 0 Å². The Hall–Kier alpha value is 0.247. The topological polar surface area (TPSA) is 0 Å². The Balaban J connectivity index is 4.88. The monoisotopic (exact) mass is 204 g/mol. The summed E-state index contributed by atoms with van der Waals surface area (Å²) in [5, 5.41) is 1.43. The molecule has 0 bridgehead atoms. The molecule has 0 heterocycles. The zero-order valence-electron chi connectivity index (χ0n) is 9.11. The maximum absolute atomic E-state index is 6.73. The van der Waals surface area contributed by atoms with E-state index in [1.54, 1.807) is 0 Å². The number of halogens is 1. The van der Waals surface area contributed by atoms with Crippen molar-refractivity contribution in [3.05, 3.63) is 11.3 Å². The maximum Gasteiger partial charge on any atom is 0.187 e. The van der Waals surface area contributed by atoms with E-state index in [1.165, 1.54) is 5.20 Å². The largest absolute Gasteiger partial charge is 0.187 e. The van der Waals surface area contributed by atoms with Crippen LogP contribution in [0.2, 0.25) is 11.1 Å². The van der Waals surface area contributed by atoms with Gasteiger partial charge in [-0.25, -0.2) is 0 Å². The molecule has 0 nitrogen and oxygen atoms in total. The minimum absolute atomic E-state index is 0.621. The van der Waals surface area contributed by atoms with Gasteiger partial charge >= 0.3 is 0 Å². The van der Waals surface area contributed by atoms with Crippen molar-refractivity contribution in [2.45, 2.75) is 52.6 Å². The normalized spacial score (nSPS) is 14.6. The minimum atomic E-state index is -1.67. The number of hydrogen-bond donors (Lipinski definition) is 0. The van der Waals surface area contributed by atoms with Gasteiger partial charge in [0.1, 0.15) is 0 Å². The van der Waals surface area contributed by atoms with Crippen LogP contribution in [0.15, 0.2) is 11.3 Å². The average molecular weight is 205 g/mol. The first-order valence-corrected chi connectivity index (χ1v) is 7.86. The summed E-state index contributed by atoms with van der Waals surface area (Å²) in [5.74, 6) is 0. The van der Waals surface area contributed by atoms with Crippen LogP contribution < -0.4 is 0 Å². The van der Waals surface area contributed by atoms with Crippen molar-refractivity contribution in [2.24, 2.45) is 0 Å². The maximum atomic E-state index is 6.73. The molecule has 0 radical (unpaired) electrons. The van der Waals surface area contributed by atoms with Crippen molar-refractivity contribution in [2.75, 3.05) is 0 Å². The van der Waals surface area contributed by atoms with Crippen LogP contribution in [0, 0.1) is 0 Å². The average Bonchev–Trinajstić information content (AvgIpc) is 2.00. The number of allylic oxidation sites excluding steroid dienone is 2. The molecule has 0 aliphatic rings. The lowest BCUT2D eigenvalue weighted by Crippen LogP contribution is -2.36. The van der Waals surface area contributed by atoms with Crippen LogP contribution in [0.3, 0.4) is 0 Å². The van der Waals surface area contributed by atoms with E-state index in [0.29, 0.717) is 11.1 Å². The van der Waals surface area contributed by atoms with Gasteiger partial charge in [0, 0.05) is 0 Å². The predicted octanol–water partition coefficient (Wildman–Crippen LogP) is 4.50. The van der Waals surface area contributed by atoms with Crippen LogP contribution in [-0.2, 0) is 0 Å². The van der Waals surface area contributed by atoms with E-state index in [4.69, 9.17) is 11.1 Å². The summed E-state index contributed by atoms with van der Waals surface area (Å²) < 4.78 is 0. The van der Waals surface area contributed by atoms with Crippen LogP contribution in [0.4, 0.5) is 0 Å². The zero-order chi connectivity index (χ0) is 9.94. The molecule has 0 aromatic heterocycles. The highest BCUT2D eigenvalue weighted by molar-refractivity contribution is 7.25. The van der Waals surface area contributed by atoms with Gasteiger partial charge in [-0.05, 0) is 24.9 Å². The molecule has 0 aromatic carbocycles.